The summed E-state index contributed by atoms with van der Waals surface area (Å²) in [6.45, 7) is 11.0. The number of halogens is 4. The zero-order valence-electron chi connectivity index (χ0n) is 14.0. The highest BCUT2D eigenvalue weighted by atomic mass is 19.1. The molecule has 0 bridgehead atoms. The lowest BCUT2D eigenvalue weighted by Crippen LogP contribution is -1.85. The fourth-order valence-electron chi connectivity index (χ4n) is 1.15. The molecule has 0 spiro atoms. The highest BCUT2D eigenvalue weighted by Gasteiger charge is 1.99. The number of aryl methyl sites for hydroxylation is 1. The molecule has 0 nitrogen and oxygen atoms in total. The van der Waals surface area contributed by atoms with Crippen LogP contribution in [0.25, 0.3) is 0 Å². The molecule has 2 rings (SSSR count). The molecule has 0 atom stereocenters. The molecule has 0 fully saturated rings. The van der Waals surface area contributed by atoms with Gasteiger partial charge in [0.25, 0.3) is 0 Å². The van der Waals surface area contributed by atoms with Crippen molar-refractivity contribution in [1.29, 1.82) is 0 Å². The summed E-state index contributed by atoms with van der Waals surface area (Å²) in [5, 5.41) is 0. The molecule has 0 aliphatic heterocycles. The van der Waals surface area contributed by atoms with E-state index in [2.05, 4.69) is 0 Å². The first-order chi connectivity index (χ1) is 10.4. The van der Waals surface area contributed by atoms with Crippen LogP contribution in [0, 0.1) is 37.1 Å². The van der Waals surface area contributed by atoms with Crippen molar-refractivity contribution in [2.75, 3.05) is 0 Å². The van der Waals surface area contributed by atoms with Crippen molar-refractivity contribution in [3.63, 3.8) is 0 Å². The average Bonchev–Trinajstić information content (AvgIpc) is 2.53. The lowest BCUT2D eigenvalue weighted by atomic mass is 10.2. The van der Waals surface area contributed by atoms with Gasteiger partial charge in [0.05, 0.1) is 0 Å². The van der Waals surface area contributed by atoms with E-state index >= 15 is 0 Å². The SMILES string of the molecule is CC.CC.Cc1c(F)cccc1F.Cc1ccc(F)cc1F. The molecule has 0 amide bonds. The highest BCUT2D eigenvalue weighted by Crippen LogP contribution is 2.08. The number of rotatable bonds is 0. The lowest BCUT2D eigenvalue weighted by molar-refractivity contribution is 0.568. The smallest absolute Gasteiger partial charge is 0.129 e. The van der Waals surface area contributed by atoms with Crippen LogP contribution in [-0.4, -0.2) is 0 Å². The number of benzene rings is 2. The van der Waals surface area contributed by atoms with Gasteiger partial charge < -0.3 is 0 Å². The Hall–Kier alpha value is -1.84. The third-order valence-corrected chi connectivity index (χ3v) is 2.34. The minimum Gasteiger partial charge on any atom is -0.207 e. The first-order valence-corrected chi connectivity index (χ1v) is 7.24. The zero-order valence-corrected chi connectivity index (χ0v) is 14.0. The van der Waals surface area contributed by atoms with Gasteiger partial charge in [0.2, 0.25) is 0 Å². The summed E-state index contributed by atoms with van der Waals surface area (Å²) in [7, 11) is 0. The van der Waals surface area contributed by atoms with Crippen LogP contribution >= 0.6 is 0 Å². The molecule has 0 heterocycles. The molecule has 0 saturated carbocycles. The second-order valence-corrected chi connectivity index (χ2v) is 3.74. The summed E-state index contributed by atoms with van der Waals surface area (Å²) in [6, 6.07) is 7.33. The lowest BCUT2D eigenvalue weighted by Gasteiger charge is -1.94. The van der Waals surface area contributed by atoms with Crippen LogP contribution in [0.4, 0.5) is 17.6 Å². The van der Waals surface area contributed by atoms with Gasteiger partial charge in [-0.25, -0.2) is 17.6 Å². The van der Waals surface area contributed by atoms with Crippen molar-refractivity contribution >= 4 is 0 Å². The molecule has 0 unspecified atom stereocenters. The summed E-state index contributed by atoms with van der Waals surface area (Å²) in [4.78, 5) is 0. The fraction of sp³-hybridized carbons (Fsp3) is 0.333. The Morgan fingerprint density at radius 1 is 0.636 bits per heavy atom. The third kappa shape index (κ3) is 8.45. The molecule has 2 aromatic carbocycles. The number of hydrogen-bond acceptors (Lipinski definition) is 0. The van der Waals surface area contributed by atoms with E-state index < -0.39 is 23.3 Å². The van der Waals surface area contributed by atoms with Gasteiger partial charge in [-0.3, -0.25) is 0 Å². The first-order valence-electron chi connectivity index (χ1n) is 7.24. The molecular weight excluding hydrogens is 292 g/mol. The molecule has 22 heavy (non-hydrogen) atoms. The molecule has 0 aromatic heterocycles. The predicted molar refractivity (Wildman–Crippen MR) is 84.9 cm³/mol. The van der Waals surface area contributed by atoms with E-state index in [4.69, 9.17) is 0 Å². The third-order valence-electron chi connectivity index (χ3n) is 2.34. The Kier molecular flexibility index (Phi) is 13.1. The molecule has 0 saturated heterocycles. The van der Waals surface area contributed by atoms with Crippen LogP contribution in [-0.2, 0) is 0 Å². The van der Waals surface area contributed by atoms with E-state index in [1.165, 1.54) is 37.3 Å². The molecule has 2 aromatic rings. The van der Waals surface area contributed by atoms with Gasteiger partial charge in [0.1, 0.15) is 23.3 Å². The van der Waals surface area contributed by atoms with Crippen molar-refractivity contribution in [3.05, 3.63) is 70.8 Å². The Morgan fingerprint density at radius 2 is 1.09 bits per heavy atom. The second-order valence-electron chi connectivity index (χ2n) is 3.74. The first kappa shape index (κ1) is 22.4. The Balaban J connectivity index is 0. The molecule has 4 heteroatoms. The molecule has 0 aliphatic carbocycles. The zero-order chi connectivity index (χ0) is 17.7. The fourth-order valence-corrected chi connectivity index (χ4v) is 1.15. The Bertz CT molecular complexity index is 516. The van der Waals surface area contributed by atoms with E-state index in [1.807, 2.05) is 27.7 Å². The quantitative estimate of drug-likeness (QED) is 0.480. The van der Waals surface area contributed by atoms with Crippen LogP contribution in [0.5, 0.6) is 0 Å². The summed E-state index contributed by atoms with van der Waals surface area (Å²) in [5.74, 6) is -2.00. The van der Waals surface area contributed by atoms with E-state index in [0.717, 1.165) is 6.07 Å². The predicted octanol–water partition coefficient (Wildman–Crippen LogP) is 6.60. The van der Waals surface area contributed by atoms with Gasteiger partial charge in [-0.15, -0.1) is 0 Å². The molecule has 0 radical (unpaired) electrons. The van der Waals surface area contributed by atoms with Crippen molar-refractivity contribution in [3.8, 4) is 0 Å². The summed E-state index contributed by atoms with van der Waals surface area (Å²) >= 11 is 0. The van der Waals surface area contributed by atoms with Crippen LogP contribution in [0.2, 0.25) is 0 Å². The maximum Gasteiger partial charge on any atom is 0.129 e. The van der Waals surface area contributed by atoms with Gasteiger partial charge in [-0.2, -0.15) is 0 Å². The van der Waals surface area contributed by atoms with Gasteiger partial charge in [-0.1, -0.05) is 39.8 Å². The average molecular weight is 316 g/mol. The maximum atomic E-state index is 12.3. The molecule has 0 N–H and O–H groups in total. The van der Waals surface area contributed by atoms with Crippen molar-refractivity contribution in [1.82, 2.24) is 0 Å². The highest BCUT2D eigenvalue weighted by molar-refractivity contribution is 5.17. The Labute approximate surface area is 130 Å². The monoisotopic (exact) mass is 316 g/mol. The minimum atomic E-state index is -0.530. The Morgan fingerprint density at radius 3 is 1.41 bits per heavy atom. The van der Waals surface area contributed by atoms with Crippen LogP contribution in [0.3, 0.4) is 0 Å². The normalized spacial score (nSPS) is 8.45. The van der Waals surface area contributed by atoms with Crippen molar-refractivity contribution in [2.45, 2.75) is 41.5 Å². The van der Waals surface area contributed by atoms with E-state index in [9.17, 15) is 17.6 Å². The molecular formula is C18H24F4. The van der Waals surface area contributed by atoms with Gasteiger partial charge in [0, 0.05) is 11.6 Å². The van der Waals surface area contributed by atoms with Crippen LogP contribution < -0.4 is 0 Å². The van der Waals surface area contributed by atoms with Gasteiger partial charge in [0.15, 0.2) is 0 Å². The van der Waals surface area contributed by atoms with E-state index in [-0.39, 0.29) is 5.56 Å². The van der Waals surface area contributed by atoms with Crippen LogP contribution in [0.1, 0.15) is 38.8 Å². The van der Waals surface area contributed by atoms with Crippen molar-refractivity contribution in [2.24, 2.45) is 0 Å². The summed E-state index contributed by atoms with van der Waals surface area (Å²) < 4.78 is 49.1. The van der Waals surface area contributed by atoms with E-state index in [1.54, 1.807) is 6.92 Å². The molecule has 0 aliphatic rings. The van der Waals surface area contributed by atoms with E-state index in [0.29, 0.717) is 5.56 Å². The largest absolute Gasteiger partial charge is 0.207 e. The summed E-state index contributed by atoms with van der Waals surface area (Å²) in [5.41, 5.74) is 0.550. The van der Waals surface area contributed by atoms with Gasteiger partial charge >= 0.3 is 0 Å². The maximum absolute atomic E-state index is 12.3. The van der Waals surface area contributed by atoms with Gasteiger partial charge in [-0.05, 0) is 37.6 Å². The van der Waals surface area contributed by atoms with Crippen LogP contribution in [0.15, 0.2) is 36.4 Å². The number of hydrogen-bond donors (Lipinski definition) is 0. The standard InChI is InChI=1S/2C7H6F2.2C2H6/c1-5-2-3-6(8)4-7(5)9;1-5-6(8)3-2-4-7(5)9;2*1-2/h2*2-4H,1H3;2*1-2H3. The second kappa shape index (κ2) is 12.9. The summed E-state index contributed by atoms with van der Waals surface area (Å²) in [6.07, 6.45) is 0. The topological polar surface area (TPSA) is 0 Å². The minimum absolute atomic E-state index is 0.0810. The molecule has 124 valence electrons. The van der Waals surface area contributed by atoms with Crippen molar-refractivity contribution < 1.29 is 17.6 Å².